The first-order valence-corrected chi connectivity index (χ1v) is 9.99. The van der Waals surface area contributed by atoms with Gasteiger partial charge >= 0.3 is 17.9 Å². The second kappa shape index (κ2) is 12.9. The van der Waals surface area contributed by atoms with Gasteiger partial charge in [-0.15, -0.1) is 0 Å². The van der Waals surface area contributed by atoms with Crippen LogP contribution in [0, 0.1) is 0 Å². The zero-order valence-electron chi connectivity index (χ0n) is 17.5. The molecule has 1 aliphatic rings. The van der Waals surface area contributed by atoms with Crippen LogP contribution < -0.4 is 27.0 Å². The molecule has 1 saturated heterocycles. The molecule has 1 heterocycles. The van der Waals surface area contributed by atoms with Crippen molar-refractivity contribution in [3.63, 3.8) is 0 Å². The smallest absolute Gasteiger partial charge is 0.326 e. The Balaban J connectivity index is 2.97. The molecule has 0 radical (unpaired) electrons. The van der Waals surface area contributed by atoms with Gasteiger partial charge in [-0.2, -0.15) is 0 Å². The minimum atomic E-state index is -1.83. The van der Waals surface area contributed by atoms with Gasteiger partial charge in [0.15, 0.2) is 0 Å². The highest BCUT2D eigenvalue weighted by molar-refractivity contribution is 5.96. The van der Waals surface area contributed by atoms with Crippen LogP contribution in [0.15, 0.2) is 0 Å². The van der Waals surface area contributed by atoms with Gasteiger partial charge in [-0.25, -0.2) is 4.79 Å². The van der Waals surface area contributed by atoms with E-state index in [-0.39, 0.29) is 6.42 Å². The highest BCUT2D eigenvalue weighted by Crippen LogP contribution is 2.07. The summed E-state index contributed by atoms with van der Waals surface area (Å²) < 4.78 is 0. The number of primary amides is 1. The second-order valence-electron chi connectivity index (χ2n) is 7.37. The van der Waals surface area contributed by atoms with Crippen LogP contribution in [0.3, 0.4) is 0 Å². The number of carbonyl (C=O) groups is 7. The molecule has 1 aliphatic heterocycles. The summed E-state index contributed by atoms with van der Waals surface area (Å²) in [5, 5.41) is 36.3. The number of carbonyl (C=O) groups excluding carboxylic acids is 4. The molecular weight excluding hydrogens is 446 g/mol. The molecule has 4 unspecified atom stereocenters. The van der Waals surface area contributed by atoms with Crippen LogP contribution in [0.1, 0.15) is 38.5 Å². The van der Waals surface area contributed by atoms with E-state index < -0.39 is 85.0 Å². The summed E-state index contributed by atoms with van der Waals surface area (Å²) in [6.07, 6.45) is -1.36. The van der Waals surface area contributed by atoms with Gasteiger partial charge in [-0.1, -0.05) is 0 Å². The highest BCUT2D eigenvalue weighted by Gasteiger charge is 2.33. The molecule has 0 aromatic carbocycles. The lowest BCUT2D eigenvalue weighted by Crippen LogP contribution is -2.57. The van der Waals surface area contributed by atoms with Crippen LogP contribution in [0.2, 0.25) is 0 Å². The van der Waals surface area contributed by atoms with E-state index in [1.165, 1.54) is 0 Å². The van der Waals surface area contributed by atoms with Crippen LogP contribution in [-0.2, 0) is 33.6 Å². The van der Waals surface area contributed by atoms with Crippen molar-refractivity contribution in [2.45, 2.75) is 62.7 Å². The van der Waals surface area contributed by atoms with E-state index in [1.54, 1.807) is 0 Å². The standard InChI is InChI=1S/C18H27N5O10/c19-12(24)4-3-9(16(30)23-11(18(32)33)7-14(27)28)21-17(31)10(6-13(25)26)22-15(29)8-2-1-5-20-8/h8-11,20H,1-7H2,(H2,19,24)(H,21,31)(H,22,29)(H,23,30)(H,25,26)(H,27,28)(H,32,33). The lowest BCUT2D eigenvalue weighted by atomic mass is 10.1. The summed E-state index contributed by atoms with van der Waals surface area (Å²) in [6.45, 7) is 0.574. The normalized spacial score (nSPS) is 17.8. The minimum absolute atomic E-state index is 0.385. The zero-order chi connectivity index (χ0) is 25.1. The quantitative estimate of drug-likeness (QED) is 0.123. The van der Waals surface area contributed by atoms with Gasteiger partial charge in [0.05, 0.1) is 18.9 Å². The summed E-state index contributed by atoms with van der Waals surface area (Å²) in [6, 6.07) is -5.57. The van der Waals surface area contributed by atoms with Crippen molar-refractivity contribution < 1.29 is 48.9 Å². The van der Waals surface area contributed by atoms with E-state index in [0.717, 1.165) is 0 Å². The predicted octanol–water partition coefficient (Wildman–Crippen LogP) is -3.51. The molecule has 33 heavy (non-hydrogen) atoms. The van der Waals surface area contributed by atoms with Gasteiger partial charge in [-0.05, 0) is 25.8 Å². The van der Waals surface area contributed by atoms with Crippen molar-refractivity contribution in [1.29, 1.82) is 0 Å². The van der Waals surface area contributed by atoms with Gasteiger partial charge in [0, 0.05) is 6.42 Å². The van der Waals surface area contributed by atoms with E-state index in [1.807, 2.05) is 5.32 Å². The number of nitrogens with one attached hydrogen (secondary N) is 4. The van der Waals surface area contributed by atoms with Crippen molar-refractivity contribution in [2.24, 2.45) is 5.73 Å². The van der Waals surface area contributed by atoms with Crippen LogP contribution in [-0.4, -0.2) is 87.6 Å². The molecule has 0 saturated carbocycles. The molecule has 0 aliphatic carbocycles. The number of nitrogens with two attached hydrogens (primary N) is 1. The van der Waals surface area contributed by atoms with E-state index in [2.05, 4.69) is 16.0 Å². The number of carboxylic acid groups (broad SMARTS) is 3. The predicted molar refractivity (Wildman–Crippen MR) is 107 cm³/mol. The fourth-order valence-corrected chi connectivity index (χ4v) is 3.04. The lowest BCUT2D eigenvalue weighted by molar-refractivity contribution is -0.147. The molecule has 0 aromatic heterocycles. The summed E-state index contributed by atoms with van der Waals surface area (Å²) in [4.78, 5) is 81.8. The Labute approximate surface area is 187 Å². The first-order valence-electron chi connectivity index (χ1n) is 9.99. The van der Waals surface area contributed by atoms with Crippen LogP contribution in [0.4, 0.5) is 0 Å². The highest BCUT2D eigenvalue weighted by atomic mass is 16.4. The van der Waals surface area contributed by atoms with Crippen molar-refractivity contribution in [1.82, 2.24) is 21.3 Å². The maximum atomic E-state index is 12.7. The SMILES string of the molecule is NC(=O)CCC(NC(=O)C(CC(=O)O)NC(=O)C1CCCN1)C(=O)NC(CC(=O)O)C(=O)O. The Morgan fingerprint density at radius 3 is 1.88 bits per heavy atom. The molecule has 184 valence electrons. The monoisotopic (exact) mass is 473 g/mol. The molecule has 9 N–H and O–H groups in total. The summed E-state index contributed by atoms with van der Waals surface area (Å²) in [5.74, 6) is -8.23. The van der Waals surface area contributed by atoms with E-state index in [4.69, 9.17) is 21.1 Å². The van der Waals surface area contributed by atoms with Crippen molar-refractivity contribution in [2.75, 3.05) is 6.54 Å². The molecule has 0 bridgehead atoms. The fraction of sp³-hybridized carbons (Fsp3) is 0.611. The number of carboxylic acids is 3. The van der Waals surface area contributed by atoms with Gasteiger partial charge in [0.1, 0.15) is 18.1 Å². The van der Waals surface area contributed by atoms with Crippen molar-refractivity contribution in [3.8, 4) is 0 Å². The molecule has 0 spiro atoms. The molecule has 1 fully saturated rings. The number of aliphatic carboxylic acids is 3. The maximum Gasteiger partial charge on any atom is 0.326 e. The van der Waals surface area contributed by atoms with Gasteiger partial charge < -0.3 is 42.3 Å². The van der Waals surface area contributed by atoms with E-state index >= 15 is 0 Å². The third-order valence-corrected chi connectivity index (χ3v) is 4.69. The Morgan fingerprint density at radius 2 is 1.39 bits per heavy atom. The molecule has 0 aromatic rings. The van der Waals surface area contributed by atoms with E-state index in [0.29, 0.717) is 19.4 Å². The topological polar surface area (TPSA) is 254 Å². The first kappa shape index (κ1) is 27.3. The van der Waals surface area contributed by atoms with Crippen LogP contribution in [0.5, 0.6) is 0 Å². The van der Waals surface area contributed by atoms with Crippen molar-refractivity contribution in [3.05, 3.63) is 0 Å². The third-order valence-electron chi connectivity index (χ3n) is 4.69. The average molecular weight is 473 g/mol. The van der Waals surface area contributed by atoms with Gasteiger partial charge in [-0.3, -0.25) is 28.8 Å². The average Bonchev–Trinajstić information content (AvgIpc) is 3.23. The largest absolute Gasteiger partial charge is 0.481 e. The Bertz CT molecular complexity index is 795. The van der Waals surface area contributed by atoms with E-state index in [9.17, 15) is 33.6 Å². The fourth-order valence-electron chi connectivity index (χ4n) is 3.04. The molecule has 15 nitrogen and oxygen atoms in total. The summed E-state index contributed by atoms with van der Waals surface area (Å²) in [5.41, 5.74) is 5.05. The zero-order valence-corrected chi connectivity index (χ0v) is 17.5. The third kappa shape index (κ3) is 9.94. The van der Waals surface area contributed by atoms with Gasteiger partial charge in [0.25, 0.3) is 0 Å². The number of hydrogen-bond donors (Lipinski definition) is 8. The second-order valence-corrected chi connectivity index (χ2v) is 7.37. The van der Waals surface area contributed by atoms with Crippen LogP contribution in [0.25, 0.3) is 0 Å². The summed E-state index contributed by atoms with van der Waals surface area (Å²) >= 11 is 0. The summed E-state index contributed by atoms with van der Waals surface area (Å²) in [7, 11) is 0. The first-order chi connectivity index (χ1) is 15.4. The Kier molecular flexibility index (Phi) is 10.7. The number of rotatable bonds is 14. The van der Waals surface area contributed by atoms with Crippen LogP contribution >= 0.6 is 0 Å². The molecule has 4 amide bonds. The molecule has 1 rings (SSSR count). The minimum Gasteiger partial charge on any atom is -0.481 e. The number of hydrogen-bond acceptors (Lipinski definition) is 8. The molecular formula is C18H27N5O10. The number of amides is 4. The Morgan fingerprint density at radius 1 is 0.848 bits per heavy atom. The lowest BCUT2D eigenvalue weighted by Gasteiger charge is -2.24. The van der Waals surface area contributed by atoms with Gasteiger partial charge in [0.2, 0.25) is 23.6 Å². The van der Waals surface area contributed by atoms with Crippen molar-refractivity contribution >= 4 is 41.5 Å². The molecule has 15 heteroatoms. The maximum absolute atomic E-state index is 12.7. The Hall–Kier alpha value is -3.75. The molecule has 4 atom stereocenters.